The Morgan fingerprint density at radius 2 is 2.00 bits per heavy atom. The van der Waals surface area contributed by atoms with Gasteiger partial charge in [-0.3, -0.25) is 14.5 Å². The zero-order chi connectivity index (χ0) is 18.2. The summed E-state index contributed by atoms with van der Waals surface area (Å²) >= 11 is 0. The van der Waals surface area contributed by atoms with E-state index in [4.69, 9.17) is 10.3 Å². The van der Waals surface area contributed by atoms with Gasteiger partial charge >= 0.3 is 6.03 Å². The predicted molar refractivity (Wildman–Crippen MR) is 85.1 cm³/mol. The molecular weight excluding hydrogens is 326 g/mol. The third-order valence-electron chi connectivity index (χ3n) is 4.13. The summed E-state index contributed by atoms with van der Waals surface area (Å²) in [4.78, 5) is 41.4. The number of benzene rings is 1. The fourth-order valence-corrected chi connectivity index (χ4v) is 2.64. The van der Waals surface area contributed by atoms with Crippen LogP contribution in [-0.4, -0.2) is 32.9 Å². The number of aryl methyl sites for hydroxylation is 1. The van der Waals surface area contributed by atoms with Crippen LogP contribution < -0.4 is 11.1 Å². The van der Waals surface area contributed by atoms with E-state index in [0.717, 1.165) is 4.90 Å². The summed E-state index contributed by atoms with van der Waals surface area (Å²) in [5.74, 6) is -0.309. The van der Waals surface area contributed by atoms with Gasteiger partial charge in [0.1, 0.15) is 5.54 Å². The molecule has 0 saturated carbocycles. The number of nitrogens with zero attached hydrogens (tertiary/aromatic N) is 3. The number of imide groups is 1. The van der Waals surface area contributed by atoms with Crippen LogP contribution in [0.5, 0.6) is 0 Å². The highest BCUT2D eigenvalue weighted by atomic mass is 16.5. The number of amides is 4. The van der Waals surface area contributed by atoms with Crippen molar-refractivity contribution in [3.05, 3.63) is 47.1 Å². The first-order valence-electron chi connectivity index (χ1n) is 7.71. The number of hydrogen-bond donors (Lipinski definition) is 2. The lowest BCUT2D eigenvalue weighted by molar-refractivity contribution is -0.131. The predicted octanol–water partition coefficient (Wildman–Crippen LogP) is 0.698. The summed E-state index contributed by atoms with van der Waals surface area (Å²) in [6.45, 7) is 3.38. The number of rotatable bonds is 5. The molecule has 0 aliphatic carbocycles. The molecule has 1 aliphatic heterocycles. The topological polar surface area (TPSA) is 131 Å². The lowest BCUT2D eigenvalue weighted by Crippen LogP contribution is -2.40. The van der Waals surface area contributed by atoms with Crippen LogP contribution in [0.3, 0.4) is 0 Å². The Morgan fingerprint density at radius 3 is 2.56 bits per heavy atom. The molecule has 1 saturated heterocycles. The first-order chi connectivity index (χ1) is 11.8. The van der Waals surface area contributed by atoms with Crippen molar-refractivity contribution in [2.45, 2.75) is 32.4 Å². The Bertz CT molecular complexity index is 844. The van der Waals surface area contributed by atoms with Gasteiger partial charge in [-0.2, -0.15) is 4.98 Å². The standard InChI is InChI=1S/C16H17N5O4/c1-3-12-18-11(20-25-12)8-21-14(23)16(2,19-15(21)24)10-6-4-9(5-7-10)13(17)22/h4-7H,3,8H2,1-2H3,(H2,17,22)(H,19,24). The molecule has 0 bridgehead atoms. The number of urea groups is 1. The molecule has 130 valence electrons. The largest absolute Gasteiger partial charge is 0.366 e. The van der Waals surface area contributed by atoms with Crippen molar-refractivity contribution in [3.8, 4) is 0 Å². The number of hydrogen-bond acceptors (Lipinski definition) is 6. The van der Waals surface area contributed by atoms with E-state index < -0.39 is 23.4 Å². The summed E-state index contributed by atoms with van der Waals surface area (Å²) in [6.07, 6.45) is 0.567. The number of aromatic nitrogens is 2. The van der Waals surface area contributed by atoms with Crippen molar-refractivity contribution in [2.24, 2.45) is 5.73 Å². The van der Waals surface area contributed by atoms with Gasteiger partial charge in [-0.05, 0) is 24.6 Å². The SMILES string of the molecule is CCc1nc(CN2C(=O)NC(C)(c3ccc(C(N)=O)cc3)C2=O)no1. The monoisotopic (exact) mass is 343 g/mol. The first kappa shape index (κ1) is 16.6. The molecule has 1 unspecified atom stereocenters. The van der Waals surface area contributed by atoms with Crippen LogP contribution in [0.15, 0.2) is 28.8 Å². The molecule has 0 spiro atoms. The van der Waals surface area contributed by atoms with Crippen LogP contribution >= 0.6 is 0 Å². The van der Waals surface area contributed by atoms with E-state index in [1.165, 1.54) is 12.1 Å². The van der Waals surface area contributed by atoms with E-state index in [1.54, 1.807) is 19.1 Å². The Morgan fingerprint density at radius 1 is 1.32 bits per heavy atom. The highest BCUT2D eigenvalue weighted by Crippen LogP contribution is 2.29. The van der Waals surface area contributed by atoms with E-state index in [0.29, 0.717) is 23.4 Å². The van der Waals surface area contributed by atoms with Crippen LogP contribution in [0, 0.1) is 0 Å². The third kappa shape index (κ3) is 2.84. The maximum absolute atomic E-state index is 12.8. The van der Waals surface area contributed by atoms with Crippen LogP contribution in [0.1, 0.15) is 41.5 Å². The summed E-state index contributed by atoms with van der Waals surface area (Å²) in [6, 6.07) is 5.65. The summed E-state index contributed by atoms with van der Waals surface area (Å²) < 4.78 is 4.99. The molecule has 3 rings (SSSR count). The van der Waals surface area contributed by atoms with E-state index in [-0.39, 0.29) is 12.4 Å². The highest BCUT2D eigenvalue weighted by molar-refractivity contribution is 6.07. The van der Waals surface area contributed by atoms with Gasteiger partial charge in [0.05, 0.1) is 6.54 Å². The molecule has 1 aliphatic rings. The van der Waals surface area contributed by atoms with Crippen LogP contribution in [0.2, 0.25) is 0 Å². The second kappa shape index (κ2) is 6.00. The fourth-order valence-electron chi connectivity index (χ4n) is 2.64. The zero-order valence-corrected chi connectivity index (χ0v) is 13.8. The highest BCUT2D eigenvalue weighted by Gasteiger charge is 2.49. The van der Waals surface area contributed by atoms with Gasteiger partial charge in [0.25, 0.3) is 5.91 Å². The Kier molecular flexibility index (Phi) is 3.99. The van der Waals surface area contributed by atoms with Crippen LogP contribution in [0.4, 0.5) is 4.79 Å². The van der Waals surface area contributed by atoms with E-state index >= 15 is 0 Å². The van der Waals surface area contributed by atoms with Crippen molar-refractivity contribution in [3.63, 3.8) is 0 Å². The minimum Gasteiger partial charge on any atom is -0.366 e. The lowest BCUT2D eigenvalue weighted by Gasteiger charge is -2.22. The molecule has 1 fully saturated rings. The maximum Gasteiger partial charge on any atom is 0.325 e. The molecular formula is C16H17N5O4. The molecule has 1 atom stereocenters. The van der Waals surface area contributed by atoms with Crippen LogP contribution in [-0.2, 0) is 23.3 Å². The molecule has 9 heteroatoms. The lowest BCUT2D eigenvalue weighted by atomic mass is 9.91. The molecule has 1 aromatic heterocycles. The molecule has 2 aromatic rings. The van der Waals surface area contributed by atoms with E-state index in [2.05, 4.69) is 15.5 Å². The molecule has 0 radical (unpaired) electrons. The Hall–Kier alpha value is -3.23. The van der Waals surface area contributed by atoms with E-state index in [9.17, 15) is 14.4 Å². The van der Waals surface area contributed by atoms with Crippen LogP contribution in [0.25, 0.3) is 0 Å². The molecule has 4 amide bonds. The normalized spacial score (nSPS) is 20.0. The number of nitrogens with two attached hydrogens (primary N) is 1. The van der Waals surface area contributed by atoms with Gasteiger partial charge in [0.2, 0.25) is 11.8 Å². The van der Waals surface area contributed by atoms with Crippen molar-refractivity contribution in [1.29, 1.82) is 0 Å². The summed E-state index contributed by atoms with van der Waals surface area (Å²) in [5, 5.41) is 6.43. The summed E-state index contributed by atoms with van der Waals surface area (Å²) in [7, 11) is 0. The minimum absolute atomic E-state index is 0.0802. The second-order valence-electron chi connectivity index (χ2n) is 5.85. The van der Waals surface area contributed by atoms with Crippen molar-refractivity contribution < 1.29 is 18.9 Å². The number of carbonyl (C=O) groups is 3. The van der Waals surface area contributed by atoms with Crippen molar-refractivity contribution in [2.75, 3.05) is 0 Å². The fraction of sp³-hybridized carbons (Fsp3) is 0.312. The number of primary amides is 1. The second-order valence-corrected chi connectivity index (χ2v) is 5.85. The average Bonchev–Trinajstić information content (AvgIpc) is 3.14. The van der Waals surface area contributed by atoms with Gasteiger partial charge in [-0.15, -0.1) is 0 Å². The van der Waals surface area contributed by atoms with Crippen molar-refractivity contribution >= 4 is 17.8 Å². The van der Waals surface area contributed by atoms with Gasteiger partial charge < -0.3 is 15.6 Å². The molecule has 3 N–H and O–H groups in total. The molecule has 2 heterocycles. The number of nitrogens with one attached hydrogen (secondary N) is 1. The Balaban J connectivity index is 1.84. The first-order valence-corrected chi connectivity index (χ1v) is 7.71. The molecule has 25 heavy (non-hydrogen) atoms. The van der Waals surface area contributed by atoms with Crippen molar-refractivity contribution in [1.82, 2.24) is 20.4 Å². The maximum atomic E-state index is 12.8. The van der Waals surface area contributed by atoms with Gasteiger partial charge in [0.15, 0.2) is 5.82 Å². The van der Waals surface area contributed by atoms with Gasteiger partial charge in [-0.1, -0.05) is 24.2 Å². The minimum atomic E-state index is -1.25. The molecule has 9 nitrogen and oxygen atoms in total. The number of carbonyl (C=O) groups excluding carboxylic acids is 3. The molecule has 1 aromatic carbocycles. The van der Waals surface area contributed by atoms with Gasteiger partial charge in [-0.25, -0.2) is 4.79 Å². The summed E-state index contributed by atoms with van der Waals surface area (Å²) in [5.41, 5.74) is 4.83. The quantitative estimate of drug-likeness (QED) is 0.768. The third-order valence-corrected chi connectivity index (χ3v) is 4.13. The zero-order valence-electron chi connectivity index (χ0n) is 13.8. The Labute approximate surface area is 143 Å². The van der Waals surface area contributed by atoms with Gasteiger partial charge in [0, 0.05) is 12.0 Å². The smallest absolute Gasteiger partial charge is 0.325 e. The van der Waals surface area contributed by atoms with E-state index in [1.807, 2.05) is 6.92 Å². The average molecular weight is 343 g/mol.